The average molecular weight is 317 g/mol. The number of ether oxygens (including phenoxy) is 1. The van der Waals surface area contributed by atoms with Crippen molar-refractivity contribution in [2.75, 3.05) is 6.61 Å². The molecule has 6 heteroatoms. The number of hydrogen-bond acceptors (Lipinski definition) is 5. The summed E-state index contributed by atoms with van der Waals surface area (Å²) in [6.07, 6.45) is 1.72. The second-order valence-corrected chi connectivity index (χ2v) is 5.38. The lowest BCUT2D eigenvalue weighted by Gasteiger charge is -2.13. The molecule has 1 heterocycles. The van der Waals surface area contributed by atoms with Crippen molar-refractivity contribution in [2.24, 2.45) is 0 Å². The molecule has 124 valence electrons. The topological polar surface area (TPSA) is 76.4 Å². The highest BCUT2D eigenvalue weighted by Gasteiger charge is 2.06. The fourth-order valence-corrected chi connectivity index (χ4v) is 2.38. The maximum absolute atomic E-state index is 12.1. The van der Waals surface area contributed by atoms with Crippen molar-refractivity contribution in [2.45, 2.75) is 39.8 Å². The second kappa shape index (κ2) is 8.45. The SMILES string of the molecule is CCCc1nc(C)cc(=O)n1CCOc1ccc(CNO)cc1. The van der Waals surface area contributed by atoms with Crippen molar-refractivity contribution in [3.63, 3.8) is 0 Å². The van der Waals surface area contributed by atoms with Gasteiger partial charge in [0, 0.05) is 24.7 Å². The third-order valence-corrected chi connectivity index (χ3v) is 3.48. The molecular formula is C17H23N3O3. The Morgan fingerprint density at radius 3 is 2.70 bits per heavy atom. The van der Waals surface area contributed by atoms with Crippen molar-refractivity contribution in [3.05, 3.63) is 57.8 Å². The van der Waals surface area contributed by atoms with Crippen LogP contribution in [0.5, 0.6) is 5.75 Å². The van der Waals surface area contributed by atoms with Crippen LogP contribution < -0.4 is 15.8 Å². The molecule has 0 atom stereocenters. The normalized spacial score (nSPS) is 10.7. The summed E-state index contributed by atoms with van der Waals surface area (Å²) < 4.78 is 7.37. The van der Waals surface area contributed by atoms with E-state index in [9.17, 15) is 4.79 Å². The van der Waals surface area contributed by atoms with Gasteiger partial charge in [-0.15, -0.1) is 0 Å². The molecule has 0 saturated heterocycles. The van der Waals surface area contributed by atoms with Gasteiger partial charge < -0.3 is 9.94 Å². The number of aryl methyl sites for hydroxylation is 2. The number of hydroxylamine groups is 1. The minimum atomic E-state index is -0.0334. The fraction of sp³-hybridized carbons (Fsp3) is 0.412. The first-order chi connectivity index (χ1) is 11.1. The van der Waals surface area contributed by atoms with E-state index in [1.807, 2.05) is 31.2 Å². The maximum atomic E-state index is 12.1. The molecule has 0 unspecified atom stereocenters. The predicted molar refractivity (Wildman–Crippen MR) is 87.8 cm³/mol. The lowest BCUT2D eigenvalue weighted by molar-refractivity contribution is 0.161. The van der Waals surface area contributed by atoms with Crippen molar-refractivity contribution in [3.8, 4) is 5.75 Å². The van der Waals surface area contributed by atoms with Gasteiger partial charge in [-0.1, -0.05) is 19.1 Å². The van der Waals surface area contributed by atoms with E-state index in [2.05, 4.69) is 17.4 Å². The lowest BCUT2D eigenvalue weighted by atomic mass is 10.2. The number of aromatic nitrogens is 2. The minimum absolute atomic E-state index is 0.0334. The summed E-state index contributed by atoms with van der Waals surface area (Å²) in [6, 6.07) is 8.99. The van der Waals surface area contributed by atoms with Crippen molar-refractivity contribution >= 4 is 0 Å². The molecule has 2 rings (SSSR count). The molecule has 0 aliphatic rings. The Morgan fingerprint density at radius 1 is 1.30 bits per heavy atom. The molecule has 0 spiro atoms. The Hall–Kier alpha value is -2.18. The molecule has 0 radical (unpaired) electrons. The Morgan fingerprint density at radius 2 is 2.04 bits per heavy atom. The van der Waals surface area contributed by atoms with Crippen LogP contribution in [0.3, 0.4) is 0 Å². The smallest absolute Gasteiger partial charge is 0.253 e. The van der Waals surface area contributed by atoms with E-state index in [0.29, 0.717) is 19.7 Å². The van der Waals surface area contributed by atoms with E-state index in [1.165, 1.54) is 0 Å². The highest BCUT2D eigenvalue weighted by atomic mass is 16.5. The zero-order valence-corrected chi connectivity index (χ0v) is 13.6. The van der Waals surface area contributed by atoms with Crippen LogP contribution in [0.2, 0.25) is 0 Å². The van der Waals surface area contributed by atoms with Gasteiger partial charge in [-0.25, -0.2) is 10.5 Å². The van der Waals surface area contributed by atoms with E-state index in [4.69, 9.17) is 9.94 Å². The van der Waals surface area contributed by atoms with Gasteiger partial charge >= 0.3 is 0 Å². The molecule has 0 saturated carbocycles. The minimum Gasteiger partial charge on any atom is -0.492 e. The zero-order valence-electron chi connectivity index (χ0n) is 13.6. The van der Waals surface area contributed by atoms with Crippen LogP contribution in [0.25, 0.3) is 0 Å². The molecule has 23 heavy (non-hydrogen) atoms. The molecule has 0 bridgehead atoms. The summed E-state index contributed by atoms with van der Waals surface area (Å²) in [6.45, 7) is 5.17. The quantitative estimate of drug-likeness (QED) is 0.729. The van der Waals surface area contributed by atoms with Gasteiger partial charge in [-0.3, -0.25) is 9.36 Å². The summed E-state index contributed by atoms with van der Waals surface area (Å²) in [5.41, 5.74) is 3.79. The third kappa shape index (κ3) is 4.91. The Kier molecular flexibility index (Phi) is 6.31. The Labute approximate surface area is 135 Å². The summed E-state index contributed by atoms with van der Waals surface area (Å²) in [7, 11) is 0. The van der Waals surface area contributed by atoms with Gasteiger partial charge in [0.15, 0.2) is 0 Å². The summed E-state index contributed by atoms with van der Waals surface area (Å²) in [4.78, 5) is 16.6. The first-order valence-electron chi connectivity index (χ1n) is 7.80. The van der Waals surface area contributed by atoms with Gasteiger partial charge in [0.2, 0.25) is 0 Å². The summed E-state index contributed by atoms with van der Waals surface area (Å²) in [5, 5.41) is 8.65. The van der Waals surface area contributed by atoms with E-state index in [0.717, 1.165) is 35.7 Å². The number of benzene rings is 1. The van der Waals surface area contributed by atoms with Crippen LogP contribution in [-0.4, -0.2) is 21.4 Å². The van der Waals surface area contributed by atoms with Crippen molar-refractivity contribution in [1.82, 2.24) is 15.0 Å². The third-order valence-electron chi connectivity index (χ3n) is 3.48. The predicted octanol–water partition coefficient (Wildman–Crippen LogP) is 2.06. The maximum Gasteiger partial charge on any atom is 0.253 e. The molecule has 2 aromatic rings. The van der Waals surface area contributed by atoms with Crippen LogP contribution in [-0.2, 0) is 19.5 Å². The number of hydrogen-bond donors (Lipinski definition) is 2. The molecule has 0 fully saturated rings. The van der Waals surface area contributed by atoms with Crippen LogP contribution >= 0.6 is 0 Å². The molecular weight excluding hydrogens is 294 g/mol. The van der Waals surface area contributed by atoms with E-state index in [-0.39, 0.29) is 5.56 Å². The fourth-order valence-electron chi connectivity index (χ4n) is 2.38. The van der Waals surface area contributed by atoms with E-state index < -0.39 is 0 Å². The van der Waals surface area contributed by atoms with Gasteiger partial charge in [-0.05, 0) is 31.0 Å². The van der Waals surface area contributed by atoms with Crippen LogP contribution in [0.15, 0.2) is 35.1 Å². The highest BCUT2D eigenvalue weighted by Crippen LogP contribution is 2.12. The molecule has 0 aliphatic carbocycles. The van der Waals surface area contributed by atoms with Gasteiger partial charge in [0.1, 0.15) is 18.2 Å². The van der Waals surface area contributed by atoms with Crippen molar-refractivity contribution < 1.29 is 9.94 Å². The van der Waals surface area contributed by atoms with Crippen LogP contribution in [0.4, 0.5) is 0 Å². The average Bonchev–Trinajstić information content (AvgIpc) is 2.52. The number of rotatable bonds is 8. The van der Waals surface area contributed by atoms with E-state index in [1.54, 1.807) is 10.6 Å². The van der Waals surface area contributed by atoms with Crippen LogP contribution in [0, 0.1) is 6.92 Å². The zero-order chi connectivity index (χ0) is 16.7. The van der Waals surface area contributed by atoms with Gasteiger partial charge in [0.25, 0.3) is 5.56 Å². The van der Waals surface area contributed by atoms with Crippen LogP contribution in [0.1, 0.15) is 30.4 Å². The van der Waals surface area contributed by atoms with Gasteiger partial charge in [0.05, 0.1) is 6.54 Å². The molecule has 0 aliphatic heterocycles. The first-order valence-corrected chi connectivity index (χ1v) is 7.80. The molecule has 0 amide bonds. The Bertz CT molecular complexity index is 680. The van der Waals surface area contributed by atoms with Crippen molar-refractivity contribution in [1.29, 1.82) is 0 Å². The Balaban J connectivity index is 1.99. The monoisotopic (exact) mass is 317 g/mol. The number of nitrogens with zero attached hydrogens (tertiary/aromatic N) is 2. The second-order valence-electron chi connectivity index (χ2n) is 5.38. The number of nitrogens with one attached hydrogen (secondary N) is 1. The summed E-state index contributed by atoms with van der Waals surface area (Å²) >= 11 is 0. The molecule has 1 aromatic carbocycles. The van der Waals surface area contributed by atoms with Gasteiger partial charge in [-0.2, -0.15) is 0 Å². The standard InChI is InChI=1S/C17H23N3O3/c1-3-4-16-19-13(2)11-17(21)20(16)9-10-23-15-7-5-14(6-8-15)12-18-22/h5-8,11,18,22H,3-4,9-10,12H2,1-2H3. The molecule has 2 N–H and O–H groups in total. The first kappa shape index (κ1) is 17.2. The van der Waals surface area contributed by atoms with E-state index >= 15 is 0 Å². The largest absolute Gasteiger partial charge is 0.492 e. The molecule has 6 nitrogen and oxygen atoms in total. The summed E-state index contributed by atoms with van der Waals surface area (Å²) in [5.74, 6) is 1.54. The lowest BCUT2D eigenvalue weighted by Crippen LogP contribution is -2.27. The highest BCUT2D eigenvalue weighted by molar-refractivity contribution is 5.27. The molecule has 1 aromatic heterocycles.